The summed E-state index contributed by atoms with van der Waals surface area (Å²) in [6.45, 7) is 3.69. The summed E-state index contributed by atoms with van der Waals surface area (Å²) in [5, 5.41) is 8.64. The van der Waals surface area contributed by atoms with Crippen molar-refractivity contribution in [3.8, 4) is 6.01 Å². The van der Waals surface area contributed by atoms with E-state index in [4.69, 9.17) is 15.6 Å². The Kier molecular flexibility index (Phi) is 3.56. The lowest BCUT2D eigenvalue weighted by atomic mass is 10.2. The van der Waals surface area contributed by atoms with Crippen LogP contribution in [0.4, 0.5) is 0 Å². The Labute approximate surface area is 87.1 Å². The van der Waals surface area contributed by atoms with Crippen molar-refractivity contribution in [2.75, 3.05) is 0 Å². The number of carbonyl (C=O) groups is 1. The fourth-order valence-corrected chi connectivity index (χ4v) is 0.901. The van der Waals surface area contributed by atoms with Gasteiger partial charge in [0, 0.05) is 18.0 Å². The number of carboxylic acids is 1. The van der Waals surface area contributed by atoms with Crippen LogP contribution in [0, 0.1) is 0 Å². The van der Waals surface area contributed by atoms with E-state index in [1.165, 1.54) is 12.4 Å². The molecule has 3 N–H and O–H groups in total. The minimum absolute atomic E-state index is 0.0241. The van der Waals surface area contributed by atoms with Gasteiger partial charge in [0.15, 0.2) is 0 Å². The zero-order valence-electron chi connectivity index (χ0n) is 8.54. The average Bonchev–Trinajstić information content (AvgIpc) is 2.17. The number of nitrogens with two attached hydrogens (primary N) is 1. The maximum Gasteiger partial charge on any atom is 0.325 e. The van der Waals surface area contributed by atoms with Gasteiger partial charge in [-0.05, 0) is 13.8 Å². The third-order valence-electron chi connectivity index (χ3n) is 1.61. The maximum absolute atomic E-state index is 10.6. The molecule has 0 amide bonds. The van der Waals surface area contributed by atoms with Gasteiger partial charge in [-0.15, -0.1) is 0 Å². The molecule has 6 nitrogen and oxygen atoms in total. The molecule has 0 radical (unpaired) electrons. The molecule has 0 aliphatic carbocycles. The predicted octanol–water partition coefficient (Wildman–Crippen LogP) is 0.348. The van der Waals surface area contributed by atoms with Crippen molar-refractivity contribution in [2.45, 2.75) is 26.0 Å². The topological polar surface area (TPSA) is 98.3 Å². The van der Waals surface area contributed by atoms with Gasteiger partial charge in [-0.3, -0.25) is 4.79 Å². The molecular formula is C9H13N3O3. The minimum Gasteiger partial charge on any atom is -0.480 e. The van der Waals surface area contributed by atoms with Crippen LogP contribution >= 0.6 is 0 Å². The second kappa shape index (κ2) is 4.70. The summed E-state index contributed by atoms with van der Waals surface area (Å²) < 4.78 is 5.20. The van der Waals surface area contributed by atoms with Crippen molar-refractivity contribution in [1.29, 1.82) is 0 Å². The molecule has 6 heteroatoms. The summed E-state index contributed by atoms with van der Waals surface area (Å²) in [6, 6.07) is -0.885. The van der Waals surface area contributed by atoms with Gasteiger partial charge >= 0.3 is 12.0 Å². The van der Waals surface area contributed by atoms with Crippen molar-refractivity contribution < 1.29 is 14.6 Å². The smallest absolute Gasteiger partial charge is 0.325 e. The Morgan fingerprint density at radius 2 is 2.00 bits per heavy atom. The van der Waals surface area contributed by atoms with Gasteiger partial charge in [-0.2, -0.15) is 0 Å². The molecule has 1 atom stereocenters. The molecule has 0 saturated heterocycles. The van der Waals surface area contributed by atoms with E-state index in [0.717, 1.165) is 0 Å². The first-order valence-corrected chi connectivity index (χ1v) is 4.47. The summed E-state index contributed by atoms with van der Waals surface area (Å²) in [6.07, 6.45) is 2.68. The number of hydrogen-bond acceptors (Lipinski definition) is 5. The molecule has 0 fully saturated rings. The van der Waals surface area contributed by atoms with Crippen LogP contribution in [0.25, 0.3) is 0 Å². The van der Waals surface area contributed by atoms with Crippen molar-refractivity contribution in [2.24, 2.45) is 5.73 Å². The number of aliphatic carboxylic acids is 1. The molecular weight excluding hydrogens is 198 g/mol. The number of aromatic nitrogens is 2. The van der Waals surface area contributed by atoms with E-state index >= 15 is 0 Å². The Balaban J connectivity index is 2.76. The zero-order valence-corrected chi connectivity index (χ0v) is 8.54. The fourth-order valence-electron chi connectivity index (χ4n) is 0.901. The number of rotatable bonds is 4. The standard InChI is InChI=1S/C9H13N3O3/c1-5(2)15-9-11-3-6(4-12-9)7(10)8(13)14/h3-5,7H,10H2,1-2H3,(H,13,14). The Hall–Kier alpha value is -1.69. The molecule has 82 valence electrons. The molecule has 15 heavy (non-hydrogen) atoms. The summed E-state index contributed by atoms with van der Waals surface area (Å²) >= 11 is 0. The third kappa shape index (κ3) is 3.17. The Bertz CT molecular complexity index is 337. The normalized spacial score (nSPS) is 12.5. The van der Waals surface area contributed by atoms with Gasteiger partial charge in [0.25, 0.3) is 0 Å². The van der Waals surface area contributed by atoms with Crippen LogP contribution in [0.2, 0.25) is 0 Å². The van der Waals surface area contributed by atoms with E-state index in [0.29, 0.717) is 5.56 Å². The van der Waals surface area contributed by atoms with Gasteiger partial charge in [-0.1, -0.05) is 0 Å². The predicted molar refractivity (Wildman–Crippen MR) is 52.4 cm³/mol. The molecule has 0 aliphatic rings. The van der Waals surface area contributed by atoms with Gasteiger partial charge in [0.05, 0.1) is 6.10 Å². The molecule has 0 saturated carbocycles. The first-order valence-electron chi connectivity index (χ1n) is 4.47. The van der Waals surface area contributed by atoms with Gasteiger partial charge < -0.3 is 15.6 Å². The highest BCUT2D eigenvalue weighted by atomic mass is 16.5. The van der Waals surface area contributed by atoms with Gasteiger partial charge in [-0.25, -0.2) is 9.97 Å². The van der Waals surface area contributed by atoms with Gasteiger partial charge in [0.1, 0.15) is 6.04 Å². The van der Waals surface area contributed by atoms with E-state index < -0.39 is 12.0 Å². The summed E-state index contributed by atoms with van der Waals surface area (Å²) in [7, 11) is 0. The largest absolute Gasteiger partial charge is 0.480 e. The number of hydrogen-bond donors (Lipinski definition) is 2. The number of ether oxygens (including phenoxy) is 1. The van der Waals surface area contributed by atoms with Crippen molar-refractivity contribution in [3.05, 3.63) is 18.0 Å². The Morgan fingerprint density at radius 3 is 2.40 bits per heavy atom. The third-order valence-corrected chi connectivity index (χ3v) is 1.61. The quantitative estimate of drug-likeness (QED) is 0.745. The van der Waals surface area contributed by atoms with Crippen LogP contribution in [0.5, 0.6) is 6.01 Å². The molecule has 1 rings (SSSR count). The van der Waals surface area contributed by atoms with E-state index in [9.17, 15) is 4.79 Å². The van der Waals surface area contributed by atoms with E-state index in [-0.39, 0.29) is 12.1 Å². The molecule has 1 aromatic heterocycles. The minimum atomic E-state index is -1.11. The molecule has 1 unspecified atom stereocenters. The van der Waals surface area contributed by atoms with Crippen LogP contribution in [-0.4, -0.2) is 27.1 Å². The Morgan fingerprint density at radius 1 is 1.47 bits per heavy atom. The maximum atomic E-state index is 10.6. The lowest BCUT2D eigenvalue weighted by Gasteiger charge is -2.09. The highest BCUT2D eigenvalue weighted by molar-refractivity contribution is 5.74. The second-order valence-corrected chi connectivity index (χ2v) is 3.28. The molecule has 1 heterocycles. The van der Waals surface area contributed by atoms with E-state index in [2.05, 4.69) is 9.97 Å². The van der Waals surface area contributed by atoms with E-state index in [1.807, 2.05) is 13.8 Å². The lowest BCUT2D eigenvalue weighted by Crippen LogP contribution is -2.21. The van der Waals surface area contributed by atoms with Crippen LogP contribution in [-0.2, 0) is 4.79 Å². The molecule has 0 aromatic carbocycles. The van der Waals surface area contributed by atoms with Gasteiger partial charge in [0.2, 0.25) is 0 Å². The molecule has 1 aromatic rings. The highest BCUT2D eigenvalue weighted by Crippen LogP contribution is 2.10. The fraction of sp³-hybridized carbons (Fsp3) is 0.444. The lowest BCUT2D eigenvalue weighted by molar-refractivity contribution is -0.138. The molecule has 0 aliphatic heterocycles. The van der Waals surface area contributed by atoms with Crippen LogP contribution in [0.3, 0.4) is 0 Å². The molecule has 0 spiro atoms. The van der Waals surface area contributed by atoms with Crippen molar-refractivity contribution in [3.63, 3.8) is 0 Å². The summed E-state index contributed by atoms with van der Waals surface area (Å²) in [5.74, 6) is -1.11. The first-order chi connectivity index (χ1) is 7.00. The summed E-state index contributed by atoms with van der Waals surface area (Å²) in [4.78, 5) is 18.2. The highest BCUT2D eigenvalue weighted by Gasteiger charge is 2.15. The average molecular weight is 211 g/mol. The second-order valence-electron chi connectivity index (χ2n) is 3.28. The number of carboxylic acid groups (broad SMARTS) is 1. The first kappa shape index (κ1) is 11.4. The zero-order chi connectivity index (χ0) is 11.4. The van der Waals surface area contributed by atoms with Crippen LogP contribution in [0.1, 0.15) is 25.5 Å². The van der Waals surface area contributed by atoms with E-state index in [1.54, 1.807) is 0 Å². The SMILES string of the molecule is CC(C)Oc1ncc(C(N)C(=O)O)cn1. The van der Waals surface area contributed by atoms with Crippen LogP contribution in [0.15, 0.2) is 12.4 Å². The monoisotopic (exact) mass is 211 g/mol. The van der Waals surface area contributed by atoms with Crippen molar-refractivity contribution in [1.82, 2.24) is 9.97 Å². The number of nitrogens with zero attached hydrogens (tertiary/aromatic N) is 2. The van der Waals surface area contributed by atoms with Crippen LogP contribution < -0.4 is 10.5 Å². The molecule has 0 bridgehead atoms. The van der Waals surface area contributed by atoms with Crippen molar-refractivity contribution >= 4 is 5.97 Å². The summed E-state index contributed by atoms with van der Waals surface area (Å²) in [5.41, 5.74) is 5.71.